The number of carbonyl (C=O) groups excluding carboxylic acids is 1. The number of amides is 1. The normalized spacial score (nSPS) is 16.9. The quantitative estimate of drug-likeness (QED) is 0.497. The summed E-state index contributed by atoms with van der Waals surface area (Å²) in [6.45, 7) is 2.90. The molecule has 0 saturated carbocycles. The highest BCUT2D eigenvalue weighted by Crippen LogP contribution is 2.25. The molecule has 0 aliphatic carbocycles. The van der Waals surface area contributed by atoms with Gasteiger partial charge in [-0.1, -0.05) is 30.3 Å². The molecule has 37 heavy (non-hydrogen) atoms. The van der Waals surface area contributed by atoms with E-state index in [9.17, 15) is 4.79 Å². The molecule has 0 radical (unpaired) electrons. The number of fused-ring (bicyclic) bond motifs is 1. The van der Waals surface area contributed by atoms with Crippen molar-refractivity contribution < 1.29 is 4.79 Å². The SMILES string of the molecule is Nc1ccccc1CCC/C1=C/CCc2ccnc(N3CCN(C(=O)Cc4cccnc4)CC3)c2C=N1. The minimum absolute atomic E-state index is 0.151. The monoisotopic (exact) mass is 494 g/mol. The van der Waals surface area contributed by atoms with Crippen molar-refractivity contribution in [2.24, 2.45) is 4.99 Å². The number of nitrogens with zero attached hydrogens (tertiary/aromatic N) is 5. The Bertz CT molecular complexity index is 1280. The number of nitrogens with two attached hydrogens (primary N) is 1. The van der Waals surface area contributed by atoms with Gasteiger partial charge in [-0.25, -0.2) is 4.98 Å². The third-order valence-corrected chi connectivity index (χ3v) is 7.16. The number of aliphatic imine (C=N–C) groups is 1. The van der Waals surface area contributed by atoms with Crippen LogP contribution in [0.15, 0.2) is 77.8 Å². The second kappa shape index (κ2) is 11.8. The van der Waals surface area contributed by atoms with Crippen molar-refractivity contribution in [2.75, 3.05) is 36.8 Å². The number of benzene rings is 1. The highest BCUT2D eigenvalue weighted by molar-refractivity contribution is 5.89. The Kier molecular flexibility index (Phi) is 7.89. The number of aryl methyl sites for hydroxylation is 2. The van der Waals surface area contributed by atoms with Crippen molar-refractivity contribution in [2.45, 2.75) is 38.5 Å². The van der Waals surface area contributed by atoms with Crippen molar-refractivity contribution in [1.82, 2.24) is 14.9 Å². The number of hydrogen-bond donors (Lipinski definition) is 1. The molecule has 0 unspecified atom stereocenters. The Balaban J connectivity index is 1.21. The van der Waals surface area contributed by atoms with Crippen LogP contribution < -0.4 is 10.6 Å². The average Bonchev–Trinajstić information content (AvgIpc) is 2.92. The van der Waals surface area contributed by atoms with E-state index in [1.54, 1.807) is 12.4 Å². The summed E-state index contributed by atoms with van der Waals surface area (Å²) in [5.41, 5.74) is 12.6. The van der Waals surface area contributed by atoms with E-state index in [1.165, 1.54) is 11.1 Å². The summed E-state index contributed by atoms with van der Waals surface area (Å²) in [6.07, 6.45) is 14.9. The molecule has 2 aliphatic rings. The first-order valence-electron chi connectivity index (χ1n) is 13.1. The second-order valence-corrected chi connectivity index (χ2v) is 9.66. The molecule has 2 aromatic heterocycles. The zero-order chi connectivity index (χ0) is 25.5. The van der Waals surface area contributed by atoms with E-state index in [4.69, 9.17) is 15.7 Å². The molecule has 0 spiro atoms. The van der Waals surface area contributed by atoms with Crippen LogP contribution in [0.2, 0.25) is 0 Å². The summed E-state index contributed by atoms with van der Waals surface area (Å²) in [6, 6.07) is 14.0. The third kappa shape index (κ3) is 6.23. The molecule has 1 saturated heterocycles. The van der Waals surface area contributed by atoms with Crippen LogP contribution in [0.4, 0.5) is 11.5 Å². The number of allylic oxidation sites excluding steroid dienone is 2. The Morgan fingerprint density at radius 3 is 2.65 bits per heavy atom. The van der Waals surface area contributed by atoms with Crippen molar-refractivity contribution in [3.8, 4) is 0 Å². The number of rotatable bonds is 7. The number of nitrogen functional groups attached to an aromatic ring is 1. The number of aromatic nitrogens is 2. The lowest BCUT2D eigenvalue weighted by molar-refractivity contribution is -0.130. The highest BCUT2D eigenvalue weighted by atomic mass is 16.2. The van der Waals surface area contributed by atoms with Crippen molar-refractivity contribution in [1.29, 1.82) is 0 Å². The van der Waals surface area contributed by atoms with Gasteiger partial charge in [0.25, 0.3) is 0 Å². The Morgan fingerprint density at radius 1 is 0.973 bits per heavy atom. The maximum atomic E-state index is 12.8. The molecule has 0 bridgehead atoms. The molecule has 2 aliphatic heterocycles. The molecule has 1 amide bonds. The Morgan fingerprint density at radius 2 is 1.84 bits per heavy atom. The van der Waals surface area contributed by atoms with Gasteiger partial charge in [0.1, 0.15) is 5.82 Å². The molecular weight excluding hydrogens is 460 g/mol. The molecule has 4 heterocycles. The fourth-order valence-electron chi connectivity index (χ4n) is 5.05. The molecular formula is C30H34N6O. The molecule has 1 aromatic carbocycles. The van der Waals surface area contributed by atoms with E-state index in [2.05, 4.69) is 28.1 Å². The van der Waals surface area contributed by atoms with E-state index < -0.39 is 0 Å². The summed E-state index contributed by atoms with van der Waals surface area (Å²) < 4.78 is 0. The van der Waals surface area contributed by atoms with E-state index in [0.717, 1.165) is 73.5 Å². The van der Waals surface area contributed by atoms with E-state index in [-0.39, 0.29) is 5.91 Å². The number of para-hydroxylation sites is 1. The molecule has 2 N–H and O–H groups in total. The van der Waals surface area contributed by atoms with Crippen LogP contribution in [0.1, 0.15) is 41.5 Å². The van der Waals surface area contributed by atoms with Crippen molar-refractivity contribution in [3.05, 3.63) is 95.1 Å². The van der Waals surface area contributed by atoms with E-state index in [1.807, 2.05) is 47.6 Å². The standard InChI is InChI=1S/C30H34N6O/c31-28-12-2-1-7-25(28)9-4-11-26-10-3-8-24-13-15-33-30(27(24)22-34-26)36-18-16-35(17-19-36)29(37)20-23-6-5-14-32-21-23/h1-2,5-7,10,12-15,21-22H,3-4,8-9,11,16-20,31H2/b26-10-,34-22?. The molecule has 3 aromatic rings. The van der Waals surface area contributed by atoms with Gasteiger partial charge in [0.15, 0.2) is 0 Å². The largest absolute Gasteiger partial charge is 0.399 e. The van der Waals surface area contributed by atoms with Gasteiger partial charge < -0.3 is 15.5 Å². The Labute approximate surface area is 218 Å². The lowest BCUT2D eigenvalue weighted by Gasteiger charge is -2.36. The van der Waals surface area contributed by atoms with Crippen LogP contribution in [0, 0.1) is 0 Å². The minimum atomic E-state index is 0.151. The molecule has 0 atom stereocenters. The first kappa shape index (κ1) is 24.7. The van der Waals surface area contributed by atoms with Gasteiger partial charge >= 0.3 is 0 Å². The summed E-state index contributed by atoms with van der Waals surface area (Å²) in [5.74, 6) is 1.12. The summed E-state index contributed by atoms with van der Waals surface area (Å²) in [5, 5.41) is 0. The fourth-order valence-corrected chi connectivity index (χ4v) is 5.05. The van der Waals surface area contributed by atoms with Crippen LogP contribution in [0.3, 0.4) is 0 Å². The number of carbonyl (C=O) groups is 1. The lowest BCUT2D eigenvalue weighted by atomic mass is 10.0. The molecule has 7 heteroatoms. The molecule has 190 valence electrons. The summed E-state index contributed by atoms with van der Waals surface area (Å²) >= 11 is 0. The maximum absolute atomic E-state index is 12.8. The number of pyridine rings is 2. The fraction of sp³-hybridized carbons (Fsp3) is 0.333. The van der Waals surface area contributed by atoms with Crippen molar-refractivity contribution >= 4 is 23.6 Å². The van der Waals surface area contributed by atoms with Gasteiger partial charge in [-0.2, -0.15) is 0 Å². The summed E-state index contributed by atoms with van der Waals surface area (Å²) in [7, 11) is 0. The third-order valence-electron chi connectivity index (χ3n) is 7.16. The minimum Gasteiger partial charge on any atom is -0.399 e. The second-order valence-electron chi connectivity index (χ2n) is 9.66. The number of piperazine rings is 1. The van der Waals surface area contributed by atoms with Gasteiger partial charge in [0, 0.05) is 67.9 Å². The van der Waals surface area contributed by atoms with Gasteiger partial charge in [0.2, 0.25) is 5.91 Å². The van der Waals surface area contributed by atoms with Crippen LogP contribution >= 0.6 is 0 Å². The maximum Gasteiger partial charge on any atom is 0.227 e. The first-order valence-corrected chi connectivity index (χ1v) is 13.1. The first-order chi connectivity index (χ1) is 18.2. The average molecular weight is 495 g/mol. The summed E-state index contributed by atoms with van der Waals surface area (Å²) in [4.78, 5) is 30.8. The predicted octanol–water partition coefficient (Wildman–Crippen LogP) is 4.22. The van der Waals surface area contributed by atoms with Crippen LogP contribution in [0.5, 0.6) is 0 Å². The van der Waals surface area contributed by atoms with Gasteiger partial charge in [-0.3, -0.25) is 14.8 Å². The van der Waals surface area contributed by atoms with Gasteiger partial charge in [0.05, 0.1) is 6.42 Å². The van der Waals surface area contributed by atoms with Crippen LogP contribution in [-0.4, -0.2) is 53.2 Å². The number of hydrogen-bond acceptors (Lipinski definition) is 6. The van der Waals surface area contributed by atoms with E-state index >= 15 is 0 Å². The molecule has 1 fully saturated rings. The van der Waals surface area contributed by atoms with Gasteiger partial charge in [-0.05, 0) is 67.0 Å². The topological polar surface area (TPSA) is 87.7 Å². The smallest absolute Gasteiger partial charge is 0.227 e. The van der Waals surface area contributed by atoms with Crippen molar-refractivity contribution in [3.63, 3.8) is 0 Å². The van der Waals surface area contributed by atoms with Crippen LogP contribution in [-0.2, 0) is 24.1 Å². The highest BCUT2D eigenvalue weighted by Gasteiger charge is 2.24. The van der Waals surface area contributed by atoms with E-state index in [0.29, 0.717) is 19.5 Å². The Hall–Kier alpha value is -4.00. The van der Waals surface area contributed by atoms with Crippen LogP contribution in [0.25, 0.3) is 0 Å². The zero-order valence-electron chi connectivity index (χ0n) is 21.2. The number of anilines is 2. The zero-order valence-corrected chi connectivity index (χ0v) is 21.2. The molecule has 7 nitrogen and oxygen atoms in total. The molecule has 5 rings (SSSR count). The predicted molar refractivity (Wildman–Crippen MR) is 149 cm³/mol. The van der Waals surface area contributed by atoms with Gasteiger partial charge in [-0.15, -0.1) is 0 Å². The lowest BCUT2D eigenvalue weighted by Crippen LogP contribution is -2.49.